The molecule has 0 saturated carbocycles. The summed E-state index contributed by atoms with van der Waals surface area (Å²) in [5.41, 5.74) is -0.588. The zero-order valence-electron chi connectivity index (χ0n) is 12.9. The summed E-state index contributed by atoms with van der Waals surface area (Å²) in [4.78, 5) is 2.79. The lowest BCUT2D eigenvalue weighted by Crippen LogP contribution is -2.45. The molecule has 1 N–H and O–H groups in total. The van der Waals surface area contributed by atoms with Gasteiger partial charge >= 0.3 is 6.18 Å². The summed E-state index contributed by atoms with van der Waals surface area (Å²) in [5.74, 6) is 0. The first kappa shape index (κ1) is 20.8. The van der Waals surface area contributed by atoms with Crippen LogP contribution < -0.4 is 5.32 Å². The SMILES string of the molecule is Cl.FC(F)(F)c1cccc(Cl)c1[C@@H](c1ccc(Cl)s1)N1CCNCC1. The monoisotopic (exact) mass is 430 g/mol. The number of nitrogens with zero attached hydrogens (tertiary/aromatic N) is 1. The first-order valence-electron chi connectivity index (χ1n) is 7.43. The summed E-state index contributed by atoms with van der Waals surface area (Å²) in [6.07, 6.45) is -4.46. The van der Waals surface area contributed by atoms with Crippen molar-refractivity contribution in [3.63, 3.8) is 0 Å². The van der Waals surface area contributed by atoms with Crippen LogP contribution in [-0.2, 0) is 6.18 Å². The number of rotatable bonds is 3. The molecular weight excluding hydrogens is 416 g/mol. The average Bonchev–Trinajstić information content (AvgIpc) is 2.95. The molecule has 0 spiro atoms. The van der Waals surface area contributed by atoms with Crippen LogP contribution in [0.2, 0.25) is 9.36 Å². The number of thiophene rings is 1. The first-order chi connectivity index (χ1) is 11.4. The summed E-state index contributed by atoms with van der Waals surface area (Å²) in [5, 5.41) is 3.34. The molecule has 1 aliphatic rings. The van der Waals surface area contributed by atoms with E-state index in [1.54, 1.807) is 12.1 Å². The van der Waals surface area contributed by atoms with E-state index in [2.05, 4.69) is 5.32 Å². The number of hydrogen-bond donors (Lipinski definition) is 1. The van der Waals surface area contributed by atoms with Crippen LogP contribution in [0, 0.1) is 0 Å². The van der Waals surface area contributed by atoms with Crippen LogP contribution in [0.5, 0.6) is 0 Å². The van der Waals surface area contributed by atoms with E-state index in [0.29, 0.717) is 17.4 Å². The van der Waals surface area contributed by atoms with Crippen molar-refractivity contribution in [1.82, 2.24) is 10.2 Å². The molecule has 9 heteroatoms. The van der Waals surface area contributed by atoms with Gasteiger partial charge in [-0.2, -0.15) is 13.2 Å². The highest BCUT2D eigenvalue weighted by Gasteiger charge is 2.39. The van der Waals surface area contributed by atoms with Crippen LogP contribution in [-0.4, -0.2) is 31.1 Å². The molecule has 3 rings (SSSR count). The van der Waals surface area contributed by atoms with Crippen molar-refractivity contribution in [3.8, 4) is 0 Å². The van der Waals surface area contributed by atoms with Gasteiger partial charge in [-0.1, -0.05) is 29.3 Å². The van der Waals surface area contributed by atoms with Crippen molar-refractivity contribution in [2.45, 2.75) is 12.2 Å². The van der Waals surface area contributed by atoms with Gasteiger partial charge in [0.1, 0.15) is 0 Å². The predicted molar refractivity (Wildman–Crippen MR) is 99.3 cm³/mol. The first-order valence-corrected chi connectivity index (χ1v) is 9.01. The van der Waals surface area contributed by atoms with E-state index in [-0.39, 0.29) is 23.0 Å². The minimum atomic E-state index is -4.46. The Balaban J connectivity index is 0.00000225. The van der Waals surface area contributed by atoms with Crippen LogP contribution in [0.4, 0.5) is 13.2 Å². The maximum absolute atomic E-state index is 13.6. The van der Waals surface area contributed by atoms with Gasteiger partial charge < -0.3 is 5.32 Å². The van der Waals surface area contributed by atoms with Gasteiger partial charge in [0.05, 0.1) is 15.9 Å². The summed E-state index contributed by atoms with van der Waals surface area (Å²) in [6.45, 7) is 2.73. The highest BCUT2D eigenvalue weighted by molar-refractivity contribution is 7.16. The van der Waals surface area contributed by atoms with Crippen LogP contribution in [0.25, 0.3) is 0 Å². The Hall–Kier alpha value is -0.500. The predicted octanol–water partition coefficient (Wildman–Crippen LogP) is 5.49. The molecule has 2 aromatic rings. The molecule has 1 saturated heterocycles. The van der Waals surface area contributed by atoms with E-state index in [1.807, 2.05) is 4.90 Å². The van der Waals surface area contributed by atoms with E-state index in [9.17, 15) is 13.2 Å². The maximum atomic E-state index is 13.6. The summed E-state index contributed by atoms with van der Waals surface area (Å²) in [7, 11) is 0. The van der Waals surface area contributed by atoms with Gasteiger partial charge in [0.2, 0.25) is 0 Å². The second-order valence-electron chi connectivity index (χ2n) is 5.53. The Bertz CT molecular complexity index is 715. The smallest absolute Gasteiger partial charge is 0.314 e. The molecular formula is C16H16Cl3F3N2S. The van der Waals surface area contributed by atoms with E-state index in [1.165, 1.54) is 23.5 Å². The third kappa shape index (κ3) is 4.62. The highest BCUT2D eigenvalue weighted by atomic mass is 35.5. The Kier molecular flexibility index (Phi) is 7.04. The normalized spacial score (nSPS) is 17.2. The maximum Gasteiger partial charge on any atom is 0.416 e. The van der Waals surface area contributed by atoms with E-state index in [4.69, 9.17) is 23.2 Å². The molecule has 1 fully saturated rings. The van der Waals surface area contributed by atoms with Gasteiger partial charge in [0, 0.05) is 41.6 Å². The Labute approximate surface area is 164 Å². The van der Waals surface area contributed by atoms with Crippen LogP contribution in [0.15, 0.2) is 30.3 Å². The third-order valence-corrected chi connectivity index (χ3v) is 5.63. The van der Waals surface area contributed by atoms with Crippen molar-refractivity contribution in [2.24, 2.45) is 0 Å². The molecule has 1 aromatic carbocycles. The molecule has 138 valence electrons. The summed E-state index contributed by atoms with van der Waals surface area (Å²) >= 11 is 13.6. The average molecular weight is 432 g/mol. The Morgan fingerprint density at radius 3 is 2.32 bits per heavy atom. The standard InChI is InChI=1S/C16H15Cl2F3N2S.ClH/c17-11-3-1-2-10(16(19,20)21)14(11)15(12-4-5-13(18)24-12)23-8-6-22-7-9-23;/h1-5,15,22H,6-9H2;1H/t15-;/m1./s1. The highest BCUT2D eigenvalue weighted by Crippen LogP contribution is 2.44. The second kappa shape index (κ2) is 8.46. The molecule has 2 heterocycles. The van der Waals surface area contributed by atoms with Gasteiger partial charge in [-0.05, 0) is 24.3 Å². The minimum absolute atomic E-state index is 0. The number of hydrogen-bond acceptors (Lipinski definition) is 3. The van der Waals surface area contributed by atoms with Crippen molar-refractivity contribution in [1.29, 1.82) is 0 Å². The quantitative estimate of drug-likeness (QED) is 0.691. The van der Waals surface area contributed by atoms with Crippen molar-refractivity contribution in [3.05, 3.63) is 55.7 Å². The fraction of sp³-hybridized carbons (Fsp3) is 0.375. The topological polar surface area (TPSA) is 15.3 Å². The van der Waals surface area contributed by atoms with Gasteiger partial charge in [-0.25, -0.2) is 0 Å². The van der Waals surface area contributed by atoms with E-state index >= 15 is 0 Å². The van der Waals surface area contributed by atoms with Crippen LogP contribution in [0.3, 0.4) is 0 Å². The molecule has 0 bridgehead atoms. The molecule has 0 unspecified atom stereocenters. The molecule has 0 radical (unpaired) electrons. The number of halogens is 6. The van der Waals surface area contributed by atoms with Crippen molar-refractivity contribution in [2.75, 3.05) is 26.2 Å². The molecule has 25 heavy (non-hydrogen) atoms. The van der Waals surface area contributed by atoms with Crippen molar-refractivity contribution >= 4 is 46.9 Å². The number of piperazine rings is 1. The molecule has 0 amide bonds. The number of benzene rings is 1. The van der Waals surface area contributed by atoms with E-state index < -0.39 is 17.8 Å². The lowest BCUT2D eigenvalue weighted by molar-refractivity contribution is -0.138. The third-order valence-electron chi connectivity index (χ3n) is 4.01. The van der Waals surface area contributed by atoms with Gasteiger partial charge in [-0.3, -0.25) is 4.90 Å². The van der Waals surface area contributed by atoms with Gasteiger partial charge in [0.25, 0.3) is 0 Å². The summed E-state index contributed by atoms with van der Waals surface area (Å²) in [6, 6.07) is 6.87. The van der Waals surface area contributed by atoms with Gasteiger partial charge in [-0.15, -0.1) is 23.7 Å². The molecule has 1 aliphatic heterocycles. The molecule has 1 atom stereocenters. The lowest BCUT2D eigenvalue weighted by Gasteiger charge is -2.36. The fourth-order valence-corrected chi connectivity index (χ4v) is 4.47. The fourth-order valence-electron chi connectivity index (χ4n) is 2.98. The Morgan fingerprint density at radius 2 is 1.76 bits per heavy atom. The molecule has 0 aliphatic carbocycles. The lowest BCUT2D eigenvalue weighted by atomic mass is 9.96. The molecule has 2 nitrogen and oxygen atoms in total. The van der Waals surface area contributed by atoms with Crippen molar-refractivity contribution < 1.29 is 13.2 Å². The minimum Gasteiger partial charge on any atom is -0.314 e. The van der Waals surface area contributed by atoms with Crippen LogP contribution >= 0.6 is 46.9 Å². The van der Waals surface area contributed by atoms with Crippen LogP contribution in [0.1, 0.15) is 22.0 Å². The number of alkyl halides is 3. The zero-order chi connectivity index (χ0) is 17.3. The zero-order valence-corrected chi connectivity index (χ0v) is 16.1. The number of nitrogens with one attached hydrogen (secondary N) is 1. The summed E-state index contributed by atoms with van der Waals surface area (Å²) < 4.78 is 41.2. The molecule has 1 aromatic heterocycles. The second-order valence-corrected chi connectivity index (χ2v) is 7.68. The Morgan fingerprint density at radius 1 is 1.08 bits per heavy atom. The van der Waals surface area contributed by atoms with Gasteiger partial charge in [0.15, 0.2) is 0 Å². The largest absolute Gasteiger partial charge is 0.416 e. The van der Waals surface area contributed by atoms with E-state index in [0.717, 1.165) is 24.0 Å².